The summed E-state index contributed by atoms with van der Waals surface area (Å²) >= 11 is 0. The topological polar surface area (TPSA) is 78.4 Å². The van der Waals surface area contributed by atoms with Crippen LogP contribution < -0.4 is 10.6 Å². The molecule has 3 N–H and O–H groups in total. The Hall–Kier alpha value is -1.26. The molecule has 5 heteroatoms. The maximum absolute atomic E-state index is 11.5. The van der Waals surface area contributed by atoms with Crippen molar-refractivity contribution >= 4 is 12.0 Å². The summed E-state index contributed by atoms with van der Waals surface area (Å²) in [5.74, 6) is -1.23. The van der Waals surface area contributed by atoms with E-state index in [0.717, 1.165) is 12.8 Å². The Morgan fingerprint density at radius 2 is 1.94 bits per heavy atom. The van der Waals surface area contributed by atoms with Gasteiger partial charge in [0.2, 0.25) is 0 Å². The predicted octanol–water partition coefficient (Wildman–Crippen LogP) is 1.73. The van der Waals surface area contributed by atoms with Crippen molar-refractivity contribution in [2.45, 2.75) is 51.5 Å². The molecule has 0 aliphatic heterocycles. The highest BCUT2D eigenvalue weighted by Crippen LogP contribution is 2.17. The Labute approximate surface area is 102 Å². The van der Waals surface area contributed by atoms with Crippen LogP contribution >= 0.6 is 0 Å². The number of carbonyl (C=O) groups is 2. The standard InChI is InChI=1S/C12H22N2O3/c1-9(11(15)16)7-8-13-12(17)14-10-5-3-2-4-6-10/h9-10H,2-8H2,1H3,(H,15,16)(H2,13,14,17). The molecule has 0 saturated heterocycles. The van der Waals surface area contributed by atoms with Gasteiger partial charge in [-0.05, 0) is 19.3 Å². The molecule has 1 atom stereocenters. The highest BCUT2D eigenvalue weighted by Gasteiger charge is 2.16. The number of amides is 2. The molecule has 1 unspecified atom stereocenters. The number of hydrogen-bond donors (Lipinski definition) is 3. The van der Waals surface area contributed by atoms with Crippen LogP contribution in [0.1, 0.15) is 45.4 Å². The van der Waals surface area contributed by atoms with Crippen molar-refractivity contribution in [2.75, 3.05) is 6.54 Å². The van der Waals surface area contributed by atoms with E-state index in [9.17, 15) is 9.59 Å². The molecule has 0 aromatic heterocycles. The van der Waals surface area contributed by atoms with Crippen LogP contribution in [0.2, 0.25) is 0 Å². The maximum Gasteiger partial charge on any atom is 0.315 e. The molecule has 2 amide bonds. The second-order valence-electron chi connectivity index (χ2n) is 4.76. The van der Waals surface area contributed by atoms with Crippen LogP contribution in [0.4, 0.5) is 4.79 Å². The molecule has 1 aliphatic rings. The van der Waals surface area contributed by atoms with Gasteiger partial charge in [0.05, 0.1) is 5.92 Å². The molecule has 0 aromatic rings. The summed E-state index contributed by atoms with van der Waals surface area (Å²) in [4.78, 5) is 22.1. The molecule has 1 saturated carbocycles. The first-order valence-electron chi connectivity index (χ1n) is 6.36. The molecular weight excluding hydrogens is 220 g/mol. The van der Waals surface area contributed by atoms with Crippen LogP contribution in [0.5, 0.6) is 0 Å². The van der Waals surface area contributed by atoms with E-state index in [1.165, 1.54) is 19.3 Å². The third-order valence-corrected chi connectivity index (χ3v) is 3.22. The Kier molecular flexibility index (Phi) is 5.80. The van der Waals surface area contributed by atoms with Crippen molar-refractivity contribution in [3.63, 3.8) is 0 Å². The van der Waals surface area contributed by atoms with Crippen LogP contribution in [0.25, 0.3) is 0 Å². The number of carbonyl (C=O) groups excluding carboxylic acids is 1. The Morgan fingerprint density at radius 3 is 2.53 bits per heavy atom. The van der Waals surface area contributed by atoms with Crippen LogP contribution in [0.15, 0.2) is 0 Å². The molecule has 0 heterocycles. The van der Waals surface area contributed by atoms with E-state index in [2.05, 4.69) is 10.6 Å². The van der Waals surface area contributed by atoms with Gasteiger partial charge in [0.25, 0.3) is 0 Å². The van der Waals surface area contributed by atoms with Gasteiger partial charge in [-0.3, -0.25) is 4.79 Å². The molecule has 5 nitrogen and oxygen atoms in total. The molecule has 1 rings (SSSR count). The minimum atomic E-state index is -0.820. The van der Waals surface area contributed by atoms with Gasteiger partial charge in [-0.2, -0.15) is 0 Å². The average Bonchev–Trinajstić information content (AvgIpc) is 2.30. The van der Waals surface area contributed by atoms with Crippen LogP contribution in [-0.4, -0.2) is 29.7 Å². The van der Waals surface area contributed by atoms with Gasteiger partial charge in [0, 0.05) is 12.6 Å². The quantitative estimate of drug-likeness (QED) is 0.687. The number of carboxylic acids is 1. The third-order valence-electron chi connectivity index (χ3n) is 3.22. The van der Waals surface area contributed by atoms with E-state index >= 15 is 0 Å². The van der Waals surface area contributed by atoms with Crippen molar-refractivity contribution in [1.29, 1.82) is 0 Å². The summed E-state index contributed by atoms with van der Waals surface area (Å²) in [7, 11) is 0. The van der Waals surface area contributed by atoms with Gasteiger partial charge in [-0.1, -0.05) is 26.2 Å². The molecule has 98 valence electrons. The summed E-state index contributed by atoms with van der Waals surface area (Å²) in [5.41, 5.74) is 0. The summed E-state index contributed by atoms with van der Waals surface area (Å²) in [5, 5.41) is 14.3. The van der Waals surface area contributed by atoms with E-state index in [1.807, 2.05) is 0 Å². The second-order valence-corrected chi connectivity index (χ2v) is 4.76. The Morgan fingerprint density at radius 1 is 1.29 bits per heavy atom. The maximum atomic E-state index is 11.5. The smallest absolute Gasteiger partial charge is 0.315 e. The van der Waals surface area contributed by atoms with Crippen molar-refractivity contribution in [1.82, 2.24) is 10.6 Å². The summed E-state index contributed by atoms with van der Waals surface area (Å²) in [6.07, 6.45) is 6.20. The lowest BCUT2D eigenvalue weighted by atomic mass is 9.96. The number of hydrogen-bond acceptors (Lipinski definition) is 2. The lowest BCUT2D eigenvalue weighted by Gasteiger charge is -2.22. The van der Waals surface area contributed by atoms with E-state index in [-0.39, 0.29) is 6.03 Å². The fourth-order valence-corrected chi connectivity index (χ4v) is 2.01. The average molecular weight is 242 g/mol. The first kappa shape index (κ1) is 13.8. The fourth-order valence-electron chi connectivity index (χ4n) is 2.01. The van der Waals surface area contributed by atoms with Gasteiger partial charge >= 0.3 is 12.0 Å². The SMILES string of the molecule is CC(CCNC(=O)NC1CCCCC1)C(=O)O. The number of carboxylic acid groups (broad SMARTS) is 1. The second kappa shape index (κ2) is 7.14. The molecule has 0 bridgehead atoms. The minimum absolute atomic E-state index is 0.172. The van der Waals surface area contributed by atoms with Crippen molar-refractivity contribution in [3.8, 4) is 0 Å². The van der Waals surface area contributed by atoms with Gasteiger partial charge in [-0.15, -0.1) is 0 Å². The molecule has 0 aromatic carbocycles. The largest absolute Gasteiger partial charge is 0.481 e. The van der Waals surface area contributed by atoms with E-state index in [1.54, 1.807) is 6.92 Å². The first-order chi connectivity index (χ1) is 8.09. The van der Waals surface area contributed by atoms with E-state index in [4.69, 9.17) is 5.11 Å². The van der Waals surface area contributed by atoms with Crippen LogP contribution in [-0.2, 0) is 4.79 Å². The van der Waals surface area contributed by atoms with Crippen LogP contribution in [0, 0.1) is 5.92 Å². The number of urea groups is 1. The highest BCUT2D eigenvalue weighted by molar-refractivity contribution is 5.74. The number of aliphatic carboxylic acids is 1. The fraction of sp³-hybridized carbons (Fsp3) is 0.833. The van der Waals surface area contributed by atoms with E-state index < -0.39 is 11.9 Å². The zero-order valence-electron chi connectivity index (χ0n) is 10.4. The number of nitrogens with one attached hydrogen (secondary N) is 2. The molecule has 17 heavy (non-hydrogen) atoms. The Bertz CT molecular complexity index is 262. The monoisotopic (exact) mass is 242 g/mol. The summed E-state index contributed by atoms with van der Waals surface area (Å²) < 4.78 is 0. The van der Waals surface area contributed by atoms with Gasteiger partial charge in [0.15, 0.2) is 0 Å². The van der Waals surface area contributed by atoms with Gasteiger partial charge in [-0.25, -0.2) is 4.79 Å². The normalized spacial score (nSPS) is 18.4. The van der Waals surface area contributed by atoms with Gasteiger partial charge < -0.3 is 15.7 Å². The summed E-state index contributed by atoms with van der Waals surface area (Å²) in [6.45, 7) is 2.05. The molecular formula is C12H22N2O3. The molecule has 0 spiro atoms. The van der Waals surface area contributed by atoms with Gasteiger partial charge in [0.1, 0.15) is 0 Å². The van der Waals surface area contributed by atoms with Crippen LogP contribution in [0.3, 0.4) is 0 Å². The zero-order chi connectivity index (χ0) is 12.7. The zero-order valence-corrected chi connectivity index (χ0v) is 10.4. The molecule has 1 aliphatic carbocycles. The third kappa shape index (κ3) is 5.56. The van der Waals surface area contributed by atoms with Crippen molar-refractivity contribution < 1.29 is 14.7 Å². The summed E-state index contributed by atoms with van der Waals surface area (Å²) in [6, 6.07) is 0.120. The molecule has 0 radical (unpaired) electrons. The van der Waals surface area contributed by atoms with Crippen molar-refractivity contribution in [3.05, 3.63) is 0 Å². The first-order valence-corrected chi connectivity index (χ1v) is 6.36. The lowest BCUT2D eigenvalue weighted by molar-refractivity contribution is -0.141. The van der Waals surface area contributed by atoms with Crippen molar-refractivity contribution in [2.24, 2.45) is 5.92 Å². The Balaban J connectivity index is 2.10. The lowest BCUT2D eigenvalue weighted by Crippen LogP contribution is -2.43. The predicted molar refractivity (Wildman–Crippen MR) is 64.8 cm³/mol. The van der Waals surface area contributed by atoms with E-state index in [0.29, 0.717) is 19.0 Å². The minimum Gasteiger partial charge on any atom is -0.481 e. The molecule has 1 fully saturated rings. The highest BCUT2D eigenvalue weighted by atomic mass is 16.4. The number of rotatable bonds is 5.